The lowest BCUT2D eigenvalue weighted by atomic mass is 10.2. The molecule has 2 atom stereocenters. The van der Waals surface area contributed by atoms with Crippen molar-refractivity contribution >= 4 is 21.8 Å². The average Bonchev–Trinajstić information content (AvgIpc) is 2.75. The lowest BCUT2D eigenvalue weighted by Crippen LogP contribution is -2.39. The Morgan fingerprint density at radius 1 is 1.43 bits per heavy atom. The first-order valence-electron chi connectivity index (χ1n) is 5.39. The summed E-state index contributed by atoms with van der Waals surface area (Å²) in [6.45, 7) is 6.45. The van der Waals surface area contributed by atoms with Crippen LogP contribution in [0.4, 0.5) is 0 Å². The second kappa shape index (κ2) is 4.19. The molecule has 0 bridgehead atoms. The molecule has 0 aromatic carbocycles. The monoisotopic (exact) mass is 260 g/mol. The van der Waals surface area contributed by atoms with Crippen molar-refractivity contribution in [1.29, 1.82) is 0 Å². The summed E-state index contributed by atoms with van der Waals surface area (Å²) in [6, 6.07) is 0.477. The Morgan fingerprint density at radius 3 is 2.71 bits per heavy atom. The number of hydrogen-bond acceptors (Lipinski definition) is 2. The lowest BCUT2D eigenvalue weighted by Gasteiger charge is -2.24. The van der Waals surface area contributed by atoms with Crippen molar-refractivity contribution in [3.05, 3.63) is 0 Å². The van der Waals surface area contributed by atoms with Crippen LogP contribution in [-0.4, -0.2) is 52.8 Å². The number of rotatable bonds is 2. The highest BCUT2D eigenvalue weighted by Gasteiger charge is 2.36. The number of halogens is 1. The summed E-state index contributed by atoms with van der Waals surface area (Å²) in [5.41, 5.74) is 0. The number of likely N-dealkylation sites (tertiary alicyclic amines) is 2. The number of nitrogens with zero attached hydrogens (tertiary/aromatic N) is 2. The summed E-state index contributed by atoms with van der Waals surface area (Å²) in [5, 5.41) is 0. The van der Waals surface area contributed by atoms with Crippen LogP contribution in [0.15, 0.2) is 0 Å². The number of carbonyl (C=O) groups is 1. The van der Waals surface area contributed by atoms with Gasteiger partial charge >= 0.3 is 0 Å². The zero-order chi connectivity index (χ0) is 10.1. The standard InChI is InChI=1S/C10H17BrN2O/c1-2-12-5-3-8(7-12)13-6-4-9(11)10(13)14/h8-9H,2-7H2,1H3. The minimum absolute atomic E-state index is 0.0816. The molecule has 2 aliphatic heterocycles. The highest BCUT2D eigenvalue weighted by Crippen LogP contribution is 2.24. The van der Waals surface area contributed by atoms with Gasteiger partial charge in [0, 0.05) is 25.7 Å². The molecule has 4 heteroatoms. The summed E-state index contributed by atoms with van der Waals surface area (Å²) < 4.78 is 0. The molecule has 2 aliphatic rings. The molecule has 2 unspecified atom stereocenters. The maximum atomic E-state index is 11.7. The van der Waals surface area contributed by atoms with E-state index in [1.165, 1.54) is 0 Å². The quantitative estimate of drug-likeness (QED) is 0.694. The molecule has 3 nitrogen and oxygen atoms in total. The highest BCUT2D eigenvalue weighted by molar-refractivity contribution is 9.10. The average molecular weight is 261 g/mol. The third kappa shape index (κ3) is 1.82. The van der Waals surface area contributed by atoms with Crippen molar-refractivity contribution < 1.29 is 4.79 Å². The third-order valence-electron chi connectivity index (χ3n) is 3.31. The van der Waals surface area contributed by atoms with Crippen molar-refractivity contribution in [2.24, 2.45) is 0 Å². The van der Waals surface area contributed by atoms with E-state index in [0.29, 0.717) is 11.9 Å². The molecular formula is C10H17BrN2O. The fourth-order valence-corrected chi connectivity index (χ4v) is 2.85. The van der Waals surface area contributed by atoms with Crippen LogP contribution in [-0.2, 0) is 4.79 Å². The van der Waals surface area contributed by atoms with Crippen molar-refractivity contribution in [2.45, 2.75) is 30.6 Å². The molecule has 0 spiro atoms. The highest BCUT2D eigenvalue weighted by atomic mass is 79.9. The molecule has 0 aliphatic carbocycles. The Hall–Kier alpha value is -0.0900. The predicted octanol–water partition coefficient (Wildman–Crippen LogP) is 1.08. The molecule has 2 heterocycles. The van der Waals surface area contributed by atoms with Gasteiger partial charge in [-0.05, 0) is 19.4 Å². The Bertz CT molecular complexity index is 234. The van der Waals surface area contributed by atoms with Gasteiger partial charge in [0.1, 0.15) is 0 Å². The molecule has 80 valence electrons. The number of hydrogen-bond donors (Lipinski definition) is 0. The number of alkyl halides is 1. The van der Waals surface area contributed by atoms with Crippen molar-refractivity contribution in [3.63, 3.8) is 0 Å². The predicted molar refractivity (Wildman–Crippen MR) is 59.6 cm³/mol. The van der Waals surface area contributed by atoms with Gasteiger partial charge in [-0.15, -0.1) is 0 Å². The molecule has 2 fully saturated rings. The lowest BCUT2D eigenvalue weighted by molar-refractivity contribution is -0.128. The number of carbonyl (C=O) groups excluding carboxylic acids is 1. The van der Waals surface area contributed by atoms with E-state index in [4.69, 9.17) is 0 Å². The van der Waals surface area contributed by atoms with Crippen LogP contribution in [0, 0.1) is 0 Å². The normalized spacial score (nSPS) is 34.4. The molecule has 14 heavy (non-hydrogen) atoms. The summed E-state index contributed by atoms with van der Waals surface area (Å²) in [4.78, 5) is 16.3. The van der Waals surface area contributed by atoms with Crippen molar-refractivity contribution in [3.8, 4) is 0 Å². The van der Waals surface area contributed by atoms with Gasteiger partial charge in [-0.25, -0.2) is 0 Å². The summed E-state index contributed by atoms with van der Waals surface area (Å²) >= 11 is 3.42. The molecule has 0 aromatic rings. The van der Waals surface area contributed by atoms with Gasteiger partial charge in [-0.2, -0.15) is 0 Å². The third-order valence-corrected chi connectivity index (χ3v) is 4.16. The van der Waals surface area contributed by atoms with Crippen LogP contribution in [0.2, 0.25) is 0 Å². The zero-order valence-corrected chi connectivity index (χ0v) is 10.2. The Morgan fingerprint density at radius 2 is 2.21 bits per heavy atom. The minimum atomic E-state index is 0.0816. The molecule has 2 rings (SSSR count). The van der Waals surface area contributed by atoms with Crippen molar-refractivity contribution in [1.82, 2.24) is 9.80 Å². The van der Waals surface area contributed by atoms with Gasteiger partial charge in [0.2, 0.25) is 5.91 Å². The van der Waals surface area contributed by atoms with Crippen molar-refractivity contribution in [2.75, 3.05) is 26.2 Å². The van der Waals surface area contributed by atoms with E-state index in [1.54, 1.807) is 0 Å². The van der Waals surface area contributed by atoms with E-state index in [-0.39, 0.29) is 4.83 Å². The van der Waals surface area contributed by atoms with Crippen LogP contribution in [0.1, 0.15) is 19.8 Å². The SMILES string of the molecule is CCN1CCC(N2CCC(Br)C2=O)C1. The van der Waals surface area contributed by atoms with E-state index in [2.05, 4.69) is 32.7 Å². The van der Waals surface area contributed by atoms with Gasteiger partial charge in [0.15, 0.2) is 0 Å². The summed E-state index contributed by atoms with van der Waals surface area (Å²) in [6.07, 6.45) is 2.13. The molecule has 1 amide bonds. The molecule has 0 saturated carbocycles. The Kier molecular flexibility index (Phi) is 3.12. The number of amides is 1. The minimum Gasteiger partial charge on any atom is -0.337 e. The first-order chi connectivity index (χ1) is 6.72. The topological polar surface area (TPSA) is 23.6 Å². The van der Waals surface area contributed by atoms with Gasteiger partial charge in [0.05, 0.1) is 4.83 Å². The van der Waals surface area contributed by atoms with Gasteiger partial charge in [0.25, 0.3) is 0 Å². The Balaban J connectivity index is 1.94. The second-order valence-electron chi connectivity index (χ2n) is 4.12. The van der Waals surface area contributed by atoms with Gasteiger partial charge in [-0.3, -0.25) is 4.79 Å². The first-order valence-corrected chi connectivity index (χ1v) is 6.31. The van der Waals surface area contributed by atoms with Crippen LogP contribution in [0.25, 0.3) is 0 Å². The van der Waals surface area contributed by atoms with E-state index in [0.717, 1.165) is 39.0 Å². The molecule has 0 aromatic heterocycles. The second-order valence-corrected chi connectivity index (χ2v) is 5.23. The maximum Gasteiger partial charge on any atom is 0.236 e. The molecule has 2 saturated heterocycles. The Labute approximate surface area is 93.6 Å². The maximum absolute atomic E-state index is 11.7. The van der Waals surface area contributed by atoms with E-state index in [9.17, 15) is 4.79 Å². The molecular weight excluding hydrogens is 244 g/mol. The van der Waals surface area contributed by atoms with Crippen LogP contribution < -0.4 is 0 Å². The van der Waals surface area contributed by atoms with E-state index >= 15 is 0 Å². The smallest absolute Gasteiger partial charge is 0.236 e. The van der Waals surface area contributed by atoms with E-state index < -0.39 is 0 Å². The summed E-state index contributed by atoms with van der Waals surface area (Å²) in [7, 11) is 0. The van der Waals surface area contributed by atoms with Crippen LogP contribution in [0.5, 0.6) is 0 Å². The van der Waals surface area contributed by atoms with Crippen LogP contribution >= 0.6 is 15.9 Å². The molecule has 0 radical (unpaired) electrons. The molecule has 0 N–H and O–H groups in total. The largest absolute Gasteiger partial charge is 0.337 e. The summed E-state index contributed by atoms with van der Waals surface area (Å²) in [5.74, 6) is 0.299. The fourth-order valence-electron chi connectivity index (χ4n) is 2.38. The van der Waals surface area contributed by atoms with Gasteiger partial charge in [-0.1, -0.05) is 22.9 Å². The first kappa shape index (κ1) is 10.4. The van der Waals surface area contributed by atoms with Crippen LogP contribution in [0.3, 0.4) is 0 Å². The fraction of sp³-hybridized carbons (Fsp3) is 0.900. The van der Waals surface area contributed by atoms with Gasteiger partial charge < -0.3 is 9.80 Å². The number of likely N-dealkylation sites (N-methyl/N-ethyl adjacent to an activating group) is 1. The van der Waals surface area contributed by atoms with E-state index in [1.807, 2.05) is 0 Å². The zero-order valence-electron chi connectivity index (χ0n) is 8.58.